The molecule has 2 aromatic rings. The summed E-state index contributed by atoms with van der Waals surface area (Å²) in [6.45, 7) is 0.704. The van der Waals surface area contributed by atoms with Gasteiger partial charge in [-0.3, -0.25) is 9.52 Å². The van der Waals surface area contributed by atoms with Gasteiger partial charge in [0.2, 0.25) is 0 Å². The number of sulfonamides is 1. The quantitative estimate of drug-likeness (QED) is 0.765. The van der Waals surface area contributed by atoms with E-state index in [1.807, 2.05) is 0 Å². The number of benzene rings is 2. The minimum atomic E-state index is -3.85. The van der Waals surface area contributed by atoms with Gasteiger partial charge < -0.3 is 9.64 Å². The first-order valence-electron chi connectivity index (χ1n) is 9.42. The van der Waals surface area contributed by atoms with Crippen LogP contribution in [0.15, 0.2) is 53.4 Å². The lowest BCUT2D eigenvalue weighted by molar-refractivity contribution is 0.0773. The summed E-state index contributed by atoms with van der Waals surface area (Å²) < 4.78 is 33.3. The Hall–Kier alpha value is -2.54. The van der Waals surface area contributed by atoms with Crippen molar-refractivity contribution in [1.82, 2.24) is 4.90 Å². The predicted molar refractivity (Wildman–Crippen MR) is 109 cm³/mol. The van der Waals surface area contributed by atoms with Crippen LogP contribution in [-0.2, 0) is 10.0 Å². The van der Waals surface area contributed by atoms with E-state index in [0.717, 1.165) is 12.8 Å². The molecule has 1 fully saturated rings. The van der Waals surface area contributed by atoms with E-state index >= 15 is 0 Å². The topological polar surface area (TPSA) is 75.7 Å². The lowest BCUT2D eigenvalue weighted by atomic mass is 10.1. The third-order valence-corrected chi connectivity index (χ3v) is 6.46. The summed E-state index contributed by atoms with van der Waals surface area (Å²) in [5.74, 6) is 0.795. The molecule has 3 rings (SSSR count). The number of para-hydroxylation sites is 2. The molecule has 0 radical (unpaired) electrons. The molecule has 6 nitrogen and oxygen atoms in total. The maximum Gasteiger partial charge on any atom is 0.262 e. The van der Waals surface area contributed by atoms with E-state index in [-0.39, 0.29) is 10.8 Å². The van der Waals surface area contributed by atoms with Crippen LogP contribution in [0.3, 0.4) is 0 Å². The van der Waals surface area contributed by atoms with Crippen molar-refractivity contribution in [2.24, 2.45) is 5.92 Å². The second-order valence-corrected chi connectivity index (χ2v) is 8.85. The number of ether oxygens (including phenoxy) is 1. The van der Waals surface area contributed by atoms with Gasteiger partial charge in [0.1, 0.15) is 5.75 Å². The smallest absolute Gasteiger partial charge is 0.262 e. The van der Waals surface area contributed by atoms with Gasteiger partial charge in [-0.1, -0.05) is 31.0 Å². The molecule has 1 amide bonds. The Morgan fingerprint density at radius 1 is 1.14 bits per heavy atom. The van der Waals surface area contributed by atoms with Crippen molar-refractivity contribution < 1.29 is 17.9 Å². The normalized spacial score (nSPS) is 14.6. The third-order valence-electron chi connectivity index (χ3n) is 5.10. The van der Waals surface area contributed by atoms with Crippen LogP contribution in [0.1, 0.15) is 36.0 Å². The summed E-state index contributed by atoms with van der Waals surface area (Å²) in [6, 6.07) is 12.9. The molecule has 7 heteroatoms. The Balaban J connectivity index is 1.78. The molecule has 0 spiro atoms. The molecule has 2 aromatic carbocycles. The van der Waals surface area contributed by atoms with Crippen molar-refractivity contribution >= 4 is 21.6 Å². The standard InChI is InChI=1S/C21H26N2O4S/c1-23(15-16-8-3-4-9-16)21(24)17-10-7-11-18(14-17)28(25,26)22-19-12-5-6-13-20(19)27-2/h5-7,10-14,16,22H,3-4,8-9,15H2,1-2H3. The monoisotopic (exact) mass is 402 g/mol. The largest absolute Gasteiger partial charge is 0.495 e. The van der Waals surface area contributed by atoms with E-state index in [9.17, 15) is 13.2 Å². The van der Waals surface area contributed by atoms with Crippen molar-refractivity contribution in [2.75, 3.05) is 25.4 Å². The van der Waals surface area contributed by atoms with Crippen LogP contribution in [0.25, 0.3) is 0 Å². The van der Waals surface area contributed by atoms with Crippen LogP contribution in [-0.4, -0.2) is 39.9 Å². The summed E-state index contributed by atoms with van der Waals surface area (Å²) >= 11 is 0. The van der Waals surface area contributed by atoms with Crippen LogP contribution < -0.4 is 9.46 Å². The fourth-order valence-electron chi connectivity index (χ4n) is 3.61. The average Bonchev–Trinajstić information content (AvgIpc) is 3.20. The van der Waals surface area contributed by atoms with Crippen LogP contribution in [0.5, 0.6) is 5.75 Å². The molecule has 0 bridgehead atoms. The van der Waals surface area contributed by atoms with Crippen molar-refractivity contribution in [3.8, 4) is 5.75 Å². The number of nitrogens with one attached hydrogen (secondary N) is 1. The summed E-state index contributed by atoms with van der Waals surface area (Å²) in [5, 5.41) is 0. The number of rotatable bonds is 7. The van der Waals surface area contributed by atoms with Crippen molar-refractivity contribution in [3.05, 3.63) is 54.1 Å². The molecule has 1 aliphatic rings. The zero-order chi connectivity index (χ0) is 20.1. The number of amides is 1. The summed E-state index contributed by atoms with van der Waals surface area (Å²) in [5.41, 5.74) is 0.712. The van der Waals surface area contributed by atoms with Gasteiger partial charge in [-0.25, -0.2) is 8.42 Å². The molecule has 0 saturated heterocycles. The Kier molecular flexibility index (Phi) is 6.24. The molecule has 0 aliphatic heterocycles. The maximum absolute atomic E-state index is 12.8. The molecule has 0 aromatic heterocycles. The Labute approximate surface area is 166 Å². The molecular formula is C21H26N2O4S. The molecule has 1 saturated carbocycles. The molecule has 28 heavy (non-hydrogen) atoms. The summed E-state index contributed by atoms with van der Waals surface area (Å²) in [7, 11) is -0.599. The van der Waals surface area contributed by atoms with Gasteiger partial charge in [0.15, 0.2) is 0 Å². The van der Waals surface area contributed by atoms with Gasteiger partial charge in [0.25, 0.3) is 15.9 Å². The van der Waals surface area contributed by atoms with E-state index in [1.165, 1.54) is 32.1 Å². The first-order valence-corrected chi connectivity index (χ1v) is 10.9. The first-order chi connectivity index (χ1) is 13.4. The van der Waals surface area contributed by atoms with Gasteiger partial charge >= 0.3 is 0 Å². The number of anilines is 1. The van der Waals surface area contributed by atoms with Gasteiger partial charge in [0, 0.05) is 19.2 Å². The summed E-state index contributed by atoms with van der Waals surface area (Å²) in [6.07, 6.45) is 4.73. The third kappa shape index (κ3) is 4.65. The zero-order valence-electron chi connectivity index (χ0n) is 16.2. The predicted octanol–water partition coefficient (Wildman–Crippen LogP) is 3.76. The molecule has 0 atom stereocenters. The first kappa shape index (κ1) is 20.2. The second kappa shape index (κ2) is 8.65. The Bertz CT molecular complexity index is 937. The molecular weight excluding hydrogens is 376 g/mol. The second-order valence-electron chi connectivity index (χ2n) is 7.17. The van der Waals surface area contributed by atoms with E-state index in [0.29, 0.717) is 29.5 Å². The number of nitrogens with zero attached hydrogens (tertiary/aromatic N) is 1. The fraction of sp³-hybridized carbons (Fsp3) is 0.381. The van der Waals surface area contributed by atoms with E-state index in [1.54, 1.807) is 48.3 Å². The number of methoxy groups -OCH3 is 1. The van der Waals surface area contributed by atoms with Crippen LogP contribution in [0.4, 0.5) is 5.69 Å². The SMILES string of the molecule is COc1ccccc1NS(=O)(=O)c1cccc(C(=O)N(C)CC2CCCC2)c1. The number of hydrogen-bond donors (Lipinski definition) is 1. The lowest BCUT2D eigenvalue weighted by Gasteiger charge is -2.21. The highest BCUT2D eigenvalue weighted by atomic mass is 32.2. The average molecular weight is 403 g/mol. The van der Waals surface area contributed by atoms with E-state index in [4.69, 9.17) is 4.74 Å². The summed E-state index contributed by atoms with van der Waals surface area (Å²) in [4.78, 5) is 14.5. The maximum atomic E-state index is 12.8. The minimum Gasteiger partial charge on any atom is -0.495 e. The highest BCUT2D eigenvalue weighted by molar-refractivity contribution is 7.92. The van der Waals surface area contributed by atoms with E-state index < -0.39 is 10.0 Å². The number of carbonyl (C=O) groups is 1. The van der Waals surface area contributed by atoms with Crippen molar-refractivity contribution in [1.29, 1.82) is 0 Å². The van der Waals surface area contributed by atoms with Crippen molar-refractivity contribution in [3.63, 3.8) is 0 Å². The van der Waals surface area contributed by atoms with Gasteiger partial charge in [-0.2, -0.15) is 0 Å². The van der Waals surface area contributed by atoms with Gasteiger partial charge in [-0.15, -0.1) is 0 Å². The number of carbonyl (C=O) groups excluding carboxylic acids is 1. The van der Waals surface area contributed by atoms with Crippen LogP contribution in [0, 0.1) is 5.92 Å². The molecule has 1 N–H and O–H groups in total. The molecule has 0 heterocycles. The Morgan fingerprint density at radius 3 is 2.57 bits per heavy atom. The zero-order valence-corrected chi connectivity index (χ0v) is 17.0. The van der Waals surface area contributed by atoms with Crippen LogP contribution in [0.2, 0.25) is 0 Å². The van der Waals surface area contributed by atoms with Crippen LogP contribution >= 0.6 is 0 Å². The minimum absolute atomic E-state index is 0.0403. The van der Waals surface area contributed by atoms with Gasteiger partial charge in [-0.05, 0) is 49.1 Å². The molecule has 150 valence electrons. The highest BCUT2D eigenvalue weighted by Gasteiger charge is 2.22. The van der Waals surface area contributed by atoms with E-state index in [2.05, 4.69) is 4.72 Å². The number of hydrogen-bond acceptors (Lipinski definition) is 4. The van der Waals surface area contributed by atoms with Crippen molar-refractivity contribution in [2.45, 2.75) is 30.6 Å². The Morgan fingerprint density at radius 2 is 1.86 bits per heavy atom. The fourth-order valence-corrected chi connectivity index (χ4v) is 4.73. The lowest BCUT2D eigenvalue weighted by Crippen LogP contribution is -2.31. The molecule has 0 unspecified atom stereocenters. The van der Waals surface area contributed by atoms with Gasteiger partial charge in [0.05, 0.1) is 17.7 Å². The molecule has 1 aliphatic carbocycles. The highest BCUT2D eigenvalue weighted by Crippen LogP contribution is 2.27.